The van der Waals surface area contributed by atoms with Gasteiger partial charge in [-0.05, 0) is 46.1 Å². The Kier molecular flexibility index (Phi) is 4.08. The van der Waals surface area contributed by atoms with Crippen LogP contribution in [0.1, 0.15) is 62.1 Å². The Morgan fingerprint density at radius 3 is 2.95 bits per heavy atom. The van der Waals surface area contributed by atoms with Gasteiger partial charge in [0, 0.05) is 23.5 Å². The van der Waals surface area contributed by atoms with Crippen LogP contribution in [0.3, 0.4) is 0 Å². The Bertz CT molecular complexity index is 429. The molecule has 4 heteroatoms. The molecule has 1 saturated heterocycles. The maximum atomic E-state index is 4.97. The molecule has 3 rings (SSSR count). The first-order valence-electron chi connectivity index (χ1n) is 7.73. The molecule has 1 aliphatic heterocycles. The fourth-order valence-corrected chi connectivity index (χ4v) is 4.75. The van der Waals surface area contributed by atoms with Crippen LogP contribution >= 0.6 is 11.3 Å². The van der Waals surface area contributed by atoms with E-state index < -0.39 is 0 Å². The van der Waals surface area contributed by atoms with Gasteiger partial charge < -0.3 is 10.2 Å². The summed E-state index contributed by atoms with van der Waals surface area (Å²) in [5, 5.41) is 4.73. The minimum atomic E-state index is 0.539. The van der Waals surface area contributed by atoms with E-state index in [1.165, 1.54) is 67.2 Å². The maximum absolute atomic E-state index is 4.97. The molecule has 19 heavy (non-hydrogen) atoms. The van der Waals surface area contributed by atoms with E-state index in [4.69, 9.17) is 4.98 Å². The van der Waals surface area contributed by atoms with Gasteiger partial charge in [-0.1, -0.05) is 24.2 Å². The monoisotopic (exact) mass is 279 g/mol. The molecule has 0 amide bonds. The van der Waals surface area contributed by atoms with Crippen LogP contribution in [-0.2, 0) is 6.42 Å². The number of nitrogens with zero attached hydrogens (tertiary/aromatic N) is 2. The largest absolute Gasteiger partial charge is 0.345 e. The van der Waals surface area contributed by atoms with E-state index in [-0.39, 0.29) is 0 Å². The smallest absolute Gasteiger partial charge is 0.186 e. The van der Waals surface area contributed by atoms with Gasteiger partial charge in [0.2, 0.25) is 0 Å². The predicted molar refractivity (Wildman–Crippen MR) is 82.1 cm³/mol. The van der Waals surface area contributed by atoms with Gasteiger partial charge in [0.25, 0.3) is 0 Å². The Morgan fingerprint density at radius 1 is 1.21 bits per heavy atom. The zero-order valence-electron chi connectivity index (χ0n) is 12.1. The summed E-state index contributed by atoms with van der Waals surface area (Å²) >= 11 is 1.94. The second-order valence-corrected chi connectivity index (χ2v) is 6.94. The topological polar surface area (TPSA) is 28.2 Å². The zero-order valence-corrected chi connectivity index (χ0v) is 12.9. The molecule has 106 valence electrons. The first-order valence-corrected chi connectivity index (χ1v) is 8.54. The number of fused-ring (bicyclic) bond motifs is 1. The standard InChI is InChI=1S/C15H25N3S/c1-11-7-4-3-5-10-18(11)15-17-13-9-6-8-12(16-2)14(13)19-15/h11-12,16H,3-10H2,1-2H3. The first-order chi connectivity index (χ1) is 9.29. The number of rotatable bonds is 2. The number of hydrogen-bond donors (Lipinski definition) is 1. The predicted octanol–water partition coefficient (Wildman–Crippen LogP) is 3.51. The van der Waals surface area contributed by atoms with Crippen molar-refractivity contribution in [2.24, 2.45) is 0 Å². The molecule has 2 aliphatic rings. The van der Waals surface area contributed by atoms with E-state index in [2.05, 4.69) is 24.2 Å². The molecule has 2 atom stereocenters. The molecule has 2 heterocycles. The fourth-order valence-electron chi connectivity index (χ4n) is 3.36. The molecular formula is C15H25N3S. The van der Waals surface area contributed by atoms with Crippen molar-refractivity contribution < 1.29 is 0 Å². The van der Waals surface area contributed by atoms with Gasteiger partial charge in [0.1, 0.15) is 0 Å². The molecule has 1 fully saturated rings. The van der Waals surface area contributed by atoms with Crippen molar-refractivity contribution >= 4 is 16.5 Å². The van der Waals surface area contributed by atoms with Gasteiger partial charge in [0.05, 0.1) is 5.69 Å². The minimum Gasteiger partial charge on any atom is -0.345 e. The number of anilines is 1. The number of hydrogen-bond acceptors (Lipinski definition) is 4. The molecular weight excluding hydrogens is 254 g/mol. The molecule has 1 aromatic heterocycles. The zero-order chi connectivity index (χ0) is 13.2. The van der Waals surface area contributed by atoms with Crippen molar-refractivity contribution in [1.29, 1.82) is 0 Å². The van der Waals surface area contributed by atoms with Gasteiger partial charge in [-0.15, -0.1) is 0 Å². The average molecular weight is 279 g/mol. The lowest BCUT2D eigenvalue weighted by Crippen LogP contribution is -2.32. The van der Waals surface area contributed by atoms with Crippen LogP contribution in [0, 0.1) is 0 Å². The highest BCUT2D eigenvalue weighted by Crippen LogP contribution is 2.38. The third-order valence-electron chi connectivity index (χ3n) is 4.59. The molecule has 1 aliphatic carbocycles. The third kappa shape index (κ3) is 2.65. The third-order valence-corrected chi connectivity index (χ3v) is 5.83. The molecule has 0 saturated carbocycles. The second kappa shape index (κ2) is 5.80. The molecule has 3 nitrogen and oxygen atoms in total. The van der Waals surface area contributed by atoms with Gasteiger partial charge in [-0.3, -0.25) is 0 Å². The molecule has 1 N–H and O–H groups in total. The Labute approximate surface area is 120 Å². The van der Waals surface area contributed by atoms with E-state index in [0.717, 1.165) is 0 Å². The van der Waals surface area contributed by atoms with E-state index in [0.29, 0.717) is 12.1 Å². The van der Waals surface area contributed by atoms with Crippen molar-refractivity contribution in [3.8, 4) is 0 Å². The molecule has 1 aromatic rings. The van der Waals surface area contributed by atoms with Crippen molar-refractivity contribution in [2.75, 3.05) is 18.5 Å². The summed E-state index contributed by atoms with van der Waals surface area (Å²) in [4.78, 5) is 9.03. The summed E-state index contributed by atoms with van der Waals surface area (Å²) < 4.78 is 0. The van der Waals surface area contributed by atoms with Crippen molar-refractivity contribution in [2.45, 2.75) is 64.0 Å². The van der Waals surface area contributed by atoms with Gasteiger partial charge in [0.15, 0.2) is 5.13 Å². The summed E-state index contributed by atoms with van der Waals surface area (Å²) in [6, 6.07) is 1.19. The minimum absolute atomic E-state index is 0.539. The van der Waals surface area contributed by atoms with E-state index in [9.17, 15) is 0 Å². The van der Waals surface area contributed by atoms with Crippen LogP contribution in [0.15, 0.2) is 0 Å². The molecule has 0 radical (unpaired) electrons. The van der Waals surface area contributed by atoms with Crippen LogP contribution in [0.4, 0.5) is 5.13 Å². The summed E-state index contributed by atoms with van der Waals surface area (Å²) in [6.07, 6.45) is 9.11. The Hall–Kier alpha value is -0.610. The second-order valence-electron chi connectivity index (χ2n) is 5.93. The van der Waals surface area contributed by atoms with Crippen LogP contribution in [0.2, 0.25) is 0 Å². The maximum Gasteiger partial charge on any atom is 0.186 e. The highest BCUT2D eigenvalue weighted by atomic mass is 32.1. The lowest BCUT2D eigenvalue weighted by molar-refractivity contribution is 0.501. The van der Waals surface area contributed by atoms with Crippen LogP contribution in [0.5, 0.6) is 0 Å². The van der Waals surface area contributed by atoms with Crippen LogP contribution in [-0.4, -0.2) is 24.6 Å². The average Bonchev–Trinajstić information content (AvgIpc) is 2.74. The summed E-state index contributed by atoms with van der Waals surface area (Å²) in [5.74, 6) is 0. The van der Waals surface area contributed by atoms with E-state index >= 15 is 0 Å². The van der Waals surface area contributed by atoms with Crippen molar-refractivity contribution in [3.63, 3.8) is 0 Å². The number of thiazole rings is 1. The Balaban J connectivity index is 1.86. The molecule has 0 aromatic carbocycles. The SMILES string of the molecule is CNC1CCCc2nc(N3CCCCCC3C)sc21. The normalized spacial score (nSPS) is 28.0. The highest BCUT2D eigenvalue weighted by Gasteiger charge is 2.27. The highest BCUT2D eigenvalue weighted by molar-refractivity contribution is 7.15. The fraction of sp³-hybridized carbons (Fsp3) is 0.800. The molecule has 0 bridgehead atoms. The van der Waals surface area contributed by atoms with Crippen LogP contribution < -0.4 is 10.2 Å². The number of aromatic nitrogens is 1. The lowest BCUT2D eigenvalue weighted by atomic mass is 9.98. The van der Waals surface area contributed by atoms with Crippen molar-refractivity contribution in [3.05, 3.63) is 10.6 Å². The summed E-state index contributed by atoms with van der Waals surface area (Å²) in [6.45, 7) is 3.55. The van der Waals surface area contributed by atoms with E-state index in [1.807, 2.05) is 11.3 Å². The number of nitrogens with one attached hydrogen (secondary N) is 1. The quantitative estimate of drug-likeness (QED) is 0.898. The lowest BCUT2D eigenvalue weighted by Gasteiger charge is -2.26. The summed E-state index contributed by atoms with van der Waals surface area (Å²) in [7, 11) is 2.08. The van der Waals surface area contributed by atoms with Crippen LogP contribution in [0.25, 0.3) is 0 Å². The Morgan fingerprint density at radius 2 is 2.11 bits per heavy atom. The molecule has 2 unspecified atom stereocenters. The summed E-state index contributed by atoms with van der Waals surface area (Å²) in [5.41, 5.74) is 1.36. The first kappa shape index (κ1) is 13.4. The van der Waals surface area contributed by atoms with Crippen molar-refractivity contribution in [1.82, 2.24) is 10.3 Å². The number of aryl methyl sites for hydroxylation is 1. The van der Waals surface area contributed by atoms with Gasteiger partial charge in [-0.2, -0.15) is 0 Å². The van der Waals surface area contributed by atoms with Gasteiger partial charge >= 0.3 is 0 Å². The van der Waals surface area contributed by atoms with Gasteiger partial charge in [-0.25, -0.2) is 4.98 Å². The van der Waals surface area contributed by atoms with E-state index in [1.54, 1.807) is 0 Å². The molecule has 0 spiro atoms.